The quantitative estimate of drug-likeness (QED) is 0.720. The van der Waals surface area contributed by atoms with Crippen LogP contribution in [0.5, 0.6) is 11.5 Å². The molecule has 0 saturated carbocycles. The molecule has 0 aromatic heterocycles. The summed E-state index contributed by atoms with van der Waals surface area (Å²) in [7, 11) is 3.64. The van der Waals surface area contributed by atoms with Crippen molar-refractivity contribution in [1.82, 2.24) is 5.32 Å². The third-order valence-electron chi connectivity index (χ3n) is 2.60. The highest BCUT2D eigenvalue weighted by Gasteiger charge is 1.98. The Balaban J connectivity index is 2.21. The molecule has 0 heterocycles. The molecule has 16 heavy (non-hydrogen) atoms. The van der Waals surface area contributed by atoms with Gasteiger partial charge in [-0.3, -0.25) is 0 Å². The van der Waals surface area contributed by atoms with E-state index in [1.165, 1.54) is 0 Å². The first-order valence-corrected chi connectivity index (χ1v) is 5.70. The van der Waals surface area contributed by atoms with Gasteiger partial charge < -0.3 is 14.8 Å². The number of hydrogen-bond donors (Lipinski definition) is 1. The molecule has 1 aromatic rings. The van der Waals surface area contributed by atoms with Crippen LogP contribution in [0.2, 0.25) is 0 Å². The van der Waals surface area contributed by atoms with Gasteiger partial charge in [-0.1, -0.05) is 0 Å². The lowest BCUT2D eigenvalue weighted by molar-refractivity contribution is 0.299. The van der Waals surface area contributed by atoms with Crippen LogP contribution in [0.1, 0.15) is 19.8 Å². The van der Waals surface area contributed by atoms with Crippen molar-refractivity contribution in [3.63, 3.8) is 0 Å². The van der Waals surface area contributed by atoms with E-state index in [1.807, 2.05) is 31.3 Å². The smallest absolute Gasteiger partial charge is 0.119 e. The van der Waals surface area contributed by atoms with E-state index in [0.717, 1.165) is 30.9 Å². The van der Waals surface area contributed by atoms with Crippen molar-refractivity contribution in [2.45, 2.75) is 25.8 Å². The summed E-state index contributed by atoms with van der Waals surface area (Å²) < 4.78 is 10.7. The second-order valence-corrected chi connectivity index (χ2v) is 3.86. The third kappa shape index (κ3) is 4.53. The molecule has 0 spiro atoms. The molecule has 1 rings (SSSR count). The average molecular weight is 223 g/mol. The lowest BCUT2D eigenvalue weighted by Gasteiger charge is -2.10. The predicted octanol–water partition coefficient (Wildman–Crippen LogP) is 2.46. The Morgan fingerprint density at radius 2 is 1.81 bits per heavy atom. The van der Waals surface area contributed by atoms with Crippen molar-refractivity contribution in [1.29, 1.82) is 0 Å². The Morgan fingerprint density at radius 3 is 2.38 bits per heavy atom. The highest BCUT2D eigenvalue weighted by Crippen LogP contribution is 2.17. The number of methoxy groups -OCH3 is 1. The fourth-order valence-electron chi connectivity index (χ4n) is 1.40. The van der Waals surface area contributed by atoms with Crippen LogP contribution >= 0.6 is 0 Å². The van der Waals surface area contributed by atoms with Crippen LogP contribution in [-0.4, -0.2) is 26.8 Å². The van der Waals surface area contributed by atoms with E-state index in [4.69, 9.17) is 9.47 Å². The van der Waals surface area contributed by atoms with Gasteiger partial charge in [0.1, 0.15) is 11.5 Å². The Labute approximate surface area is 97.8 Å². The molecule has 1 aromatic carbocycles. The zero-order valence-electron chi connectivity index (χ0n) is 10.3. The molecular formula is C13H21NO2. The van der Waals surface area contributed by atoms with Gasteiger partial charge in [-0.15, -0.1) is 0 Å². The predicted molar refractivity (Wildman–Crippen MR) is 66.2 cm³/mol. The van der Waals surface area contributed by atoms with Gasteiger partial charge in [0.05, 0.1) is 13.7 Å². The number of nitrogens with one attached hydrogen (secondary N) is 1. The van der Waals surface area contributed by atoms with Crippen molar-refractivity contribution in [2.75, 3.05) is 20.8 Å². The summed E-state index contributed by atoms with van der Waals surface area (Å²) >= 11 is 0. The molecule has 1 N–H and O–H groups in total. The highest BCUT2D eigenvalue weighted by molar-refractivity contribution is 5.31. The van der Waals surface area contributed by atoms with E-state index < -0.39 is 0 Å². The fraction of sp³-hybridized carbons (Fsp3) is 0.538. The van der Waals surface area contributed by atoms with E-state index in [1.54, 1.807) is 7.11 Å². The maximum absolute atomic E-state index is 5.62. The highest BCUT2D eigenvalue weighted by atomic mass is 16.5. The van der Waals surface area contributed by atoms with E-state index in [9.17, 15) is 0 Å². The van der Waals surface area contributed by atoms with Gasteiger partial charge in [0.2, 0.25) is 0 Å². The lowest BCUT2D eigenvalue weighted by Crippen LogP contribution is -2.21. The summed E-state index contributed by atoms with van der Waals surface area (Å²) in [4.78, 5) is 0. The summed E-state index contributed by atoms with van der Waals surface area (Å²) in [5.74, 6) is 1.76. The first kappa shape index (κ1) is 12.8. The van der Waals surface area contributed by atoms with Gasteiger partial charge in [0, 0.05) is 6.04 Å². The molecule has 0 saturated heterocycles. The molecule has 0 aliphatic carbocycles. The fourth-order valence-corrected chi connectivity index (χ4v) is 1.40. The summed E-state index contributed by atoms with van der Waals surface area (Å²) in [6, 6.07) is 8.23. The number of rotatable bonds is 7. The summed E-state index contributed by atoms with van der Waals surface area (Å²) in [6.45, 7) is 2.94. The van der Waals surface area contributed by atoms with Gasteiger partial charge in [-0.05, 0) is 51.1 Å². The molecule has 0 radical (unpaired) electrons. The summed E-state index contributed by atoms with van der Waals surface area (Å²) in [5, 5.41) is 3.21. The van der Waals surface area contributed by atoms with E-state index in [0.29, 0.717) is 6.04 Å². The average Bonchev–Trinajstić information content (AvgIpc) is 2.35. The SMILES string of the molecule is CNC(C)CCCOc1ccc(OC)cc1. The molecule has 0 fully saturated rings. The molecule has 0 bridgehead atoms. The Bertz CT molecular complexity index is 284. The van der Waals surface area contributed by atoms with Crippen LogP contribution in [0.4, 0.5) is 0 Å². The number of ether oxygens (including phenoxy) is 2. The van der Waals surface area contributed by atoms with E-state index >= 15 is 0 Å². The van der Waals surface area contributed by atoms with Crippen molar-refractivity contribution >= 4 is 0 Å². The first-order chi connectivity index (χ1) is 7.76. The van der Waals surface area contributed by atoms with Crippen LogP contribution in [0.15, 0.2) is 24.3 Å². The van der Waals surface area contributed by atoms with Crippen molar-refractivity contribution < 1.29 is 9.47 Å². The summed E-state index contributed by atoms with van der Waals surface area (Å²) in [6.07, 6.45) is 2.20. The van der Waals surface area contributed by atoms with Crippen molar-refractivity contribution in [3.8, 4) is 11.5 Å². The monoisotopic (exact) mass is 223 g/mol. The maximum Gasteiger partial charge on any atom is 0.119 e. The van der Waals surface area contributed by atoms with E-state index in [2.05, 4.69) is 12.2 Å². The maximum atomic E-state index is 5.62. The largest absolute Gasteiger partial charge is 0.497 e. The van der Waals surface area contributed by atoms with Gasteiger partial charge in [-0.2, -0.15) is 0 Å². The Kier molecular flexibility index (Phi) is 5.72. The van der Waals surface area contributed by atoms with Gasteiger partial charge in [0.15, 0.2) is 0 Å². The molecule has 90 valence electrons. The lowest BCUT2D eigenvalue weighted by atomic mass is 10.2. The molecule has 0 aliphatic rings. The zero-order valence-corrected chi connectivity index (χ0v) is 10.3. The molecule has 0 amide bonds. The minimum Gasteiger partial charge on any atom is -0.497 e. The zero-order chi connectivity index (χ0) is 11.8. The molecule has 1 atom stereocenters. The second-order valence-electron chi connectivity index (χ2n) is 3.86. The van der Waals surface area contributed by atoms with Crippen molar-refractivity contribution in [2.24, 2.45) is 0 Å². The normalized spacial score (nSPS) is 12.2. The third-order valence-corrected chi connectivity index (χ3v) is 2.60. The van der Waals surface area contributed by atoms with Crippen LogP contribution in [-0.2, 0) is 0 Å². The minimum atomic E-state index is 0.555. The molecular weight excluding hydrogens is 202 g/mol. The van der Waals surface area contributed by atoms with Crippen LogP contribution in [0.25, 0.3) is 0 Å². The minimum absolute atomic E-state index is 0.555. The number of benzene rings is 1. The molecule has 3 heteroatoms. The van der Waals surface area contributed by atoms with Gasteiger partial charge in [0.25, 0.3) is 0 Å². The first-order valence-electron chi connectivity index (χ1n) is 5.70. The summed E-state index contributed by atoms with van der Waals surface area (Å²) in [5.41, 5.74) is 0. The number of hydrogen-bond acceptors (Lipinski definition) is 3. The van der Waals surface area contributed by atoms with Crippen LogP contribution in [0.3, 0.4) is 0 Å². The Hall–Kier alpha value is -1.22. The standard InChI is InChI=1S/C13H21NO2/c1-11(14-2)5-4-10-16-13-8-6-12(15-3)7-9-13/h6-9,11,14H,4-5,10H2,1-3H3. The molecule has 1 unspecified atom stereocenters. The Morgan fingerprint density at radius 1 is 1.19 bits per heavy atom. The van der Waals surface area contributed by atoms with Gasteiger partial charge >= 0.3 is 0 Å². The van der Waals surface area contributed by atoms with Gasteiger partial charge in [-0.25, -0.2) is 0 Å². The van der Waals surface area contributed by atoms with Crippen LogP contribution in [0, 0.1) is 0 Å². The topological polar surface area (TPSA) is 30.5 Å². The van der Waals surface area contributed by atoms with Crippen molar-refractivity contribution in [3.05, 3.63) is 24.3 Å². The van der Waals surface area contributed by atoms with Crippen LogP contribution < -0.4 is 14.8 Å². The molecule has 0 aliphatic heterocycles. The van der Waals surface area contributed by atoms with E-state index in [-0.39, 0.29) is 0 Å². The molecule has 3 nitrogen and oxygen atoms in total. The second kappa shape index (κ2) is 7.12.